The van der Waals surface area contributed by atoms with Gasteiger partial charge in [0.2, 0.25) is 5.95 Å². The van der Waals surface area contributed by atoms with Crippen LogP contribution >= 0.6 is 0 Å². The molecule has 1 heterocycles. The van der Waals surface area contributed by atoms with Gasteiger partial charge < -0.3 is 5.32 Å². The first kappa shape index (κ1) is 12.5. The van der Waals surface area contributed by atoms with Crippen LogP contribution in [0.2, 0.25) is 0 Å². The van der Waals surface area contributed by atoms with Crippen LogP contribution in [0.3, 0.4) is 0 Å². The molecule has 1 amide bonds. The average molecular weight is 228 g/mol. The lowest BCUT2D eigenvalue weighted by Crippen LogP contribution is -2.26. The molecule has 0 fully saturated rings. The van der Waals surface area contributed by atoms with Gasteiger partial charge in [0.05, 0.1) is 5.56 Å². The topological polar surface area (TPSA) is 42.0 Å². The van der Waals surface area contributed by atoms with E-state index < -0.39 is 17.7 Å². The molecule has 0 aliphatic heterocycles. The van der Waals surface area contributed by atoms with Crippen LogP contribution in [0, 0.1) is 17.7 Å². The van der Waals surface area contributed by atoms with E-state index in [4.69, 9.17) is 0 Å². The summed E-state index contributed by atoms with van der Waals surface area (Å²) in [6, 6.07) is 1.16. The summed E-state index contributed by atoms with van der Waals surface area (Å²) in [6.07, 6.45) is 1.86. The largest absolute Gasteiger partial charge is 0.352 e. The summed E-state index contributed by atoms with van der Waals surface area (Å²) in [6.45, 7) is 4.47. The van der Waals surface area contributed by atoms with Gasteiger partial charge in [0.25, 0.3) is 5.91 Å². The third-order valence-corrected chi connectivity index (χ3v) is 2.10. The van der Waals surface area contributed by atoms with E-state index in [2.05, 4.69) is 10.3 Å². The van der Waals surface area contributed by atoms with E-state index in [9.17, 15) is 13.6 Å². The van der Waals surface area contributed by atoms with Crippen molar-refractivity contribution in [3.05, 3.63) is 29.6 Å². The highest BCUT2D eigenvalue weighted by molar-refractivity contribution is 5.94. The lowest BCUT2D eigenvalue weighted by molar-refractivity contribution is 0.0946. The zero-order chi connectivity index (χ0) is 12.1. The molecular weight excluding hydrogens is 214 g/mol. The molecule has 1 rings (SSSR count). The number of nitrogens with one attached hydrogen (secondary N) is 1. The van der Waals surface area contributed by atoms with Crippen molar-refractivity contribution in [1.29, 1.82) is 0 Å². The quantitative estimate of drug-likeness (QED) is 0.802. The molecule has 3 nitrogen and oxygen atoms in total. The average Bonchev–Trinajstić information content (AvgIpc) is 2.21. The molecule has 1 aromatic rings. The highest BCUT2D eigenvalue weighted by atomic mass is 19.2. The lowest BCUT2D eigenvalue weighted by Gasteiger charge is -2.07. The minimum absolute atomic E-state index is 0.309. The third-order valence-electron chi connectivity index (χ3n) is 2.10. The van der Waals surface area contributed by atoms with Crippen molar-refractivity contribution < 1.29 is 13.6 Å². The first-order valence-corrected chi connectivity index (χ1v) is 5.10. The van der Waals surface area contributed by atoms with Crippen LogP contribution in [0.25, 0.3) is 0 Å². The molecule has 0 saturated heterocycles. The molecule has 0 radical (unpaired) electrons. The van der Waals surface area contributed by atoms with E-state index in [1.807, 2.05) is 13.8 Å². The van der Waals surface area contributed by atoms with Gasteiger partial charge in [0, 0.05) is 12.7 Å². The third kappa shape index (κ3) is 3.25. The number of hydrogen-bond acceptors (Lipinski definition) is 2. The Bertz CT molecular complexity index is 380. The molecule has 0 aliphatic carbocycles. The summed E-state index contributed by atoms with van der Waals surface area (Å²) >= 11 is 0. The Balaban J connectivity index is 2.63. The Morgan fingerprint density at radius 1 is 1.50 bits per heavy atom. The van der Waals surface area contributed by atoms with Gasteiger partial charge in [0.15, 0.2) is 5.82 Å². The second kappa shape index (κ2) is 5.53. The van der Waals surface area contributed by atoms with Crippen molar-refractivity contribution in [2.45, 2.75) is 20.3 Å². The van der Waals surface area contributed by atoms with Crippen molar-refractivity contribution in [3.63, 3.8) is 0 Å². The van der Waals surface area contributed by atoms with E-state index >= 15 is 0 Å². The Morgan fingerprint density at radius 3 is 2.81 bits per heavy atom. The number of hydrogen-bond donors (Lipinski definition) is 1. The van der Waals surface area contributed by atoms with E-state index in [1.54, 1.807) is 0 Å². The number of aromatic nitrogens is 1. The summed E-state index contributed by atoms with van der Waals surface area (Å²) in [7, 11) is 0. The molecule has 0 spiro atoms. The zero-order valence-electron chi connectivity index (χ0n) is 9.26. The van der Waals surface area contributed by atoms with Gasteiger partial charge in [-0.15, -0.1) is 0 Å². The number of amides is 1. The van der Waals surface area contributed by atoms with Gasteiger partial charge in [-0.2, -0.15) is 4.39 Å². The molecule has 0 bridgehead atoms. The Kier molecular flexibility index (Phi) is 4.34. The number of carbonyl (C=O) groups is 1. The van der Waals surface area contributed by atoms with Crippen molar-refractivity contribution >= 4 is 5.91 Å². The van der Waals surface area contributed by atoms with Crippen molar-refractivity contribution in [2.24, 2.45) is 5.92 Å². The molecular formula is C11H14F2N2O. The Morgan fingerprint density at radius 2 is 2.19 bits per heavy atom. The van der Waals surface area contributed by atoms with Gasteiger partial charge in [-0.05, 0) is 18.4 Å². The van der Waals surface area contributed by atoms with Crippen molar-refractivity contribution in [3.8, 4) is 0 Å². The summed E-state index contributed by atoms with van der Waals surface area (Å²) in [4.78, 5) is 14.6. The van der Waals surface area contributed by atoms with Crippen LogP contribution in [0.15, 0.2) is 12.3 Å². The van der Waals surface area contributed by atoms with Crippen LogP contribution in [0.1, 0.15) is 30.6 Å². The van der Waals surface area contributed by atoms with E-state index in [0.29, 0.717) is 12.5 Å². The SMILES string of the molecule is CC(C)CCNC(=O)c1ccnc(F)c1F. The zero-order valence-corrected chi connectivity index (χ0v) is 9.26. The Hall–Kier alpha value is -1.52. The summed E-state index contributed by atoms with van der Waals surface area (Å²) in [5.41, 5.74) is -0.309. The summed E-state index contributed by atoms with van der Waals surface area (Å²) < 4.78 is 25.9. The van der Waals surface area contributed by atoms with E-state index in [0.717, 1.165) is 18.7 Å². The standard InChI is InChI=1S/C11H14F2N2O/c1-7(2)3-5-15-11(16)8-4-6-14-10(13)9(8)12/h4,6-7H,3,5H2,1-2H3,(H,15,16). The number of halogens is 2. The van der Waals surface area contributed by atoms with Crippen LogP contribution < -0.4 is 5.32 Å². The molecule has 0 aromatic carbocycles. The fraction of sp³-hybridized carbons (Fsp3) is 0.455. The smallest absolute Gasteiger partial charge is 0.254 e. The summed E-state index contributed by atoms with van der Waals surface area (Å²) in [5.74, 6) is -2.63. The lowest BCUT2D eigenvalue weighted by atomic mass is 10.1. The molecule has 0 saturated carbocycles. The summed E-state index contributed by atoms with van der Waals surface area (Å²) in [5, 5.41) is 2.52. The number of pyridine rings is 1. The van der Waals surface area contributed by atoms with E-state index in [1.165, 1.54) is 0 Å². The Labute approximate surface area is 92.9 Å². The number of nitrogens with zero attached hydrogens (tertiary/aromatic N) is 1. The minimum atomic E-state index is -1.25. The maximum atomic E-state index is 13.1. The van der Waals surface area contributed by atoms with Gasteiger partial charge in [-0.1, -0.05) is 13.8 Å². The second-order valence-corrected chi connectivity index (χ2v) is 3.90. The van der Waals surface area contributed by atoms with Gasteiger partial charge in [-0.3, -0.25) is 4.79 Å². The maximum absolute atomic E-state index is 13.1. The molecule has 0 unspecified atom stereocenters. The number of rotatable bonds is 4. The maximum Gasteiger partial charge on any atom is 0.254 e. The first-order valence-electron chi connectivity index (χ1n) is 5.10. The first-order chi connectivity index (χ1) is 7.52. The second-order valence-electron chi connectivity index (χ2n) is 3.90. The molecule has 0 atom stereocenters. The molecule has 5 heteroatoms. The van der Waals surface area contributed by atoms with Crippen molar-refractivity contribution in [2.75, 3.05) is 6.54 Å². The molecule has 88 valence electrons. The van der Waals surface area contributed by atoms with Crippen LogP contribution in [-0.2, 0) is 0 Å². The van der Waals surface area contributed by atoms with Crippen molar-refractivity contribution in [1.82, 2.24) is 10.3 Å². The molecule has 1 N–H and O–H groups in total. The number of carbonyl (C=O) groups excluding carboxylic acids is 1. The highest BCUT2D eigenvalue weighted by Crippen LogP contribution is 2.08. The van der Waals surface area contributed by atoms with Crippen LogP contribution in [0.4, 0.5) is 8.78 Å². The molecule has 16 heavy (non-hydrogen) atoms. The molecule has 1 aromatic heterocycles. The van der Waals surface area contributed by atoms with Gasteiger partial charge >= 0.3 is 0 Å². The fourth-order valence-corrected chi connectivity index (χ4v) is 1.16. The van der Waals surface area contributed by atoms with Gasteiger partial charge in [-0.25, -0.2) is 9.37 Å². The van der Waals surface area contributed by atoms with Crippen LogP contribution in [-0.4, -0.2) is 17.4 Å². The fourth-order valence-electron chi connectivity index (χ4n) is 1.16. The predicted octanol–water partition coefficient (Wildman–Crippen LogP) is 2.14. The normalized spacial score (nSPS) is 10.6. The predicted molar refractivity (Wildman–Crippen MR) is 55.9 cm³/mol. The highest BCUT2D eigenvalue weighted by Gasteiger charge is 2.15. The van der Waals surface area contributed by atoms with Gasteiger partial charge in [0.1, 0.15) is 0 Å². The minimum Gasteiger partial charge on any atom is -0.352 e. The monoisotopic (exact) mass is 228 g/mol. The molecule has 0 aliphatic rings. The van der Waals surface area contributed by atoms with E-state index in [-0.39, 0.29) is 5.56 Å². The van der Waals surface area contributed by atoms with Crippen LogP contribution in [0.5, 0.6) is 0 Å².